The molecule has 1 aromatic heterocycles. The minimum absolute atomic E-state index is 0.000417. The molecule has 0 saturated carbocycles. The van der Waals surface area contributed by atoms with Crippen molar-refractivity contribution in [2.45, 2.75) is 0 Å². The highest BCUT2D eigenvalue weighted by Gasteiger charge is 2.28. The van der Waals surface area contributed by atoms with Crippen LogP contribution < -0.4 is 0 Å². The fourth-order valence-electron chi connectivity index (χ4n) is 2.01. The van der Waals surface area contributed by atoms with E-state index in [4.69, 9.17) is 15.9 Å². The molecule has 1 heterocycles. The summed E-state index contributed by atoms with van der Waals surface area (Å²) in [4.78, 5) is 8.27. The topological polar surface area (TPSA) is 97.2 Å². The Morgan fingerprint density at radius 1 is 1.00 bits per heavy atom. The molecule has 0 atom stereocenters. The summed E-state index contributed by atoms with van der Waals surface area (Å²) in [6.07, 6.45) is 0. The highest BCUT2D eigenvalue weighted by molar-refractivity contribution is 14.1. The lowest BCUT2D eigenvalue weighted by atomic mass is 10.1. The van der Waals surface area contributed by atoms with Crippen LogP contribution in [-0.2, 0) is 0 Å². The van der Waals surface area contributed by atoms with Crippen LogP contribution in [0.4, 0.5) is 0 Å². The molecule has 0 bridgehead atoms. The van der Waals surface area contributed by atoms with Crippen molar-refractivity contribution in [2.75, 3.05) is 0 Å². The molecule has 5 nitrogen and oxygen atoms in total. The largest absolute Gasteiger partial charge is 0.298 e. The maximum Gasteiger partial charge on any atom is 0.177 e. The molecule has 1 aromatic carbocycles. The normalized spacial score (nSPS) is 11.4. The zero-order valence-corrected chi connectivity index (χ0v) is 11.6. The lowest BCUT2D eigenvalue weighted by molar-refractivity contribution is 1.13. The molecular weight excluding hydrogens is 353 g/mol. The van der Waals surface area contributed by atoms with Crippen molar-refractivity contribution < 1.29 is 0 Å². The second-order valence-electron chi connectivity index (χ2n) is 3.91. The molecule has 0 amide bonds. The molecule has 0 saturated heterocycles. The molecule has 0 radical (unpaired) electrons. The second-order valence-corrected chi connectivity index (χ2v) is 5.15. The molecule has 1 N–H and O–H groups in total. The third kappa shape index (κ3) is 1.61. The van der Waals surface area contributed by atoms with Crippen molar-refractivity contribution in [3.8, 4) is 23.4 Å². The van der Waals surface area contributed by atoms with Gasteiger partial charge in [0.05, 0.1) is 5.71 Å². The van der Waals surface area contributed by atoms with Gasteiger partial charge in [-0.25, -0.2) is 9.97 Å². The summed E-state index contributed by atoms with van der Waals surface area (Å²) in [6.45, 7) is 0. The predicted molar refractivity (Wildman–Crippen MR) is 75.5 cm³/mol. The van der Waals surface area contributed by atoms with Gasteiger partial charge in [0.2, 0.25) is 0 Å². The number of nitriles is 2. The number of nitrogens with zero attached hydrogens (tertiary/aromatic N) is 4. The number of nitrogens with one attached hydrogen (secondary N) is 1. The maximum absolute atomic E-state index is 8.98. The van der Waals surface area contributed by atoms with Crippen LogP contribution in [0, 0.1) is 31.6 Å². The van der Waals surface area contributed by atoms with Crippen molar-refractivity contribution in [3.05, 3.63) is 44.4 Å². The number of hydrogen-bond acceptors (Lipinski definition) is 5. The zero-order chi connectivity index (χ0) is 13.6. The van der Waals surface area contributed by atoms with Crippen LogP contribution in [0.3, 0.4) is 0 Å². The summed E-state index contributed by atoms with van der Waals surface area (Å²) >= 11 is 2.17. The fraction of sp³-hybridized carbons (Fsp3) is 0. The highest BCUT2D eigenvalue weighted by atomic mass is 127. The van der Waals surface area contributed by atoms with E-state index in [1.807, 2.05) is 30.3 Å². The Morgan fingerprint density at radius 3 is 2.26 bits per heavy atom. The molecule has 0 spiro atoms. The van der Waals surface area contributed by atoms with E-state index in [1.54, 1.807) is 0 Å². The standard InChI is InChI=1S/C13H4IN5/c14-6-1-2-7-8(3-6)11(17)13-12(7)18-9(4-15)10(5-16)19-13/h1-3,17H. The molecule has 1 aliphatic rings. The van der Waals surface area contributed by atoms with Gasteiger partial charge in [-0.05, 0) is 34.7 Å². The summed E-state index contributed by atoms with van der Waals surface area (Å²) < 4.78 is 1.01. The number of hydrogen-bond donors (Lipinski definition) is 1. The smallest absolute Gasteiger partial charge is 0.177 e. The van der Waals surface area contributed by atoms with Crippen LogP contribution in [-0.4, -0.2) is 15.7 Å². The van der Waals surface area contributed by atoms with Gasteiger partial charge in [-0.1, -0.05) is 6.07 Å². The first-order valence-electron chi connectivity index (χ1n) is 5.27. The molecule has 0 unspecified atom stereocenters. The maximum atomic E-state index is 8.98. The Balaban J connectivity index is 2.36. The van der Waals surface area contributed by atoms with Crippen LogP contribution >= 0.6 is 22.6 Å². The first-order chi connectivity index (χ1) is 9.15. The van der Waals surface area contributed by atoms with E-state index in [-0.39, 0.29) is 17.1 Å². The SMILES string of the molecule is N#Cc1nc2c(nc1C#N)-c1ccc(I)cc1C2=N. The lowest BCUT2D eigenvalue weighted by Crippen LogP contribution is -2.04. The van der Waals surface area contributed by atoms with Gasteiger partial charge in [0.15, 0.2) is 11.4 Å². The minimum Gasteiger partial charge on any atom is -0.298 e. The van der Waals surface area contributed by atoms with Crippen molar-refractivity contribution in [1.29, 1.82) is 15.9 Å². The minimum atomic E-state index is -0.0338. The van der Waals surface area contributed by atoms with E-state index in [0.717, 1.165) is 14.7 Å². The van der Waals surface area contributed by atoms with Crippen molar-refractivity contribution >= 4 is 28.3 Å². The Kier molecular flexibility index (Phi) is 2.54. The predicted octanol–water partition coefficient (Wildman–Crippen LogP) is 2.22. The van der Waals surface area contributed by atoms with Crippen molar-refractivity contribution in [2.24, 2.45) is 0 Å². The Bertz CT molecular complexity index is 826. The van der Waals surface area contributed by atoms with Gasteiger partial charge >= 0.3 is 0 Å². The molecule has 88 valence electrons. The van der Waals surface area contributed by atoms with E-state index >= 15 is 0 Å². The Labute approximate surface area is 122 Å². The number of fused-ring (bicyclic) bond motifs is 3. The average Bonchev–Trinajstić information content (AvgIpc) is 2.70. The average molecular weight is 357 g/mol. The molecular formula is C13H4IN5. The molecule has 3 rings (SSSR count). The van der Waals surface area contributed by atoms with Gasteiger partial charge in [0.1, 0.15) is 23.5 Å². The van der Waals surface area contributed by atoms with Gasteiger partial charge in [0.25, 0.3) is 0 Å². The van der Waals surface area contributed by atoms with Crippen molar-refractivity contribution in [1.82, 2.24) is 9.97 Å². The highest BCUT2D eigenvalue weighted by Crippen LogP contribution is 2.35. The van der Waals surface area contributed by atoms with Crippen LogP contribution in [0.1, 0.15) is 22.6 Å². The van der Waals surface area contributed by atoms with Crippen LogP contribution in [0.25, 0.3) is 11.3 Å². The lowest BCUT2D eigenvalue weighted by Gasteiger charge is -2.00. The van der Waals surface area contributed by atoms with E-state index in [0.29, 0.717) is 11.4 Å². The van der Waals surface area contributed by atoms with E-state index in [1.165, 1.54) is 0 Å². The van der Waals surface area contributed by atoms with Crippen LogP contribution in [0.5, 0.6) is 0 Å². The molecule has 19 heavy (non-hydrogen) atoms. The Hall–Kier alpha value is -2.32. The zero-order valence-electron chi connectivity index (χ0n) is 9.40. The van der Waals surface area contributed by atoms with E-state index < -0.39 is 0 Å². The fourth-order valence-corrected chi connectivity index (χ4v) is 2.50. The number of halogens is 1. The van der Waals surface area contributed by atoms with Gasteiger partial charge in [-0.15, -0.1) is 0 Å². The first-order valence-corrected chi connectivity index (χ1v) is 6.35. The van der Waals surface area contributed by atoms with Gasteiger partial charge in [-0.2, -0.15) is 10.5 Å². The summed E-state index contributed by atoms with van der Waals surface area (Å²) in [5.41, 5.74) is 2.61. The summed E-state index contributed by atoms with van der Waals surface area (Å²) in [5, 5.41) is 26.0. The first kappa shape index (κ1) is 11.8. The summed E-state index contributed by atoms with van der Waals surface area (Å²) in [5.74, 6) is 0. The summed E-state index contributed by atoms with van der Waals surface area (Å²) in [7, 11) is 0. The quantitative estimate of drug-likeness (QED) is 0.624. The van der Waals surface area contributed by atoms with Gasteiger partial charge in [-0.3, -0.25) is 5.41 Å². The number of rotatable bonds is 0. The second kappa shape index (κ2) is 4.11. The third-order valence-corrected chi connectivity index (χ3v) is 3.52. The molecule has 2 aromatic rings. The number of benzene rings is 1. The van der Waals surface area contributed by atoms with Crippen LogP contribution in [0.2, 0.25) is 0 Å². The van der Waals surface area contributed by atoms with E-state index in [9.17, 15) is 0 Å². The third-order valence-electron chi connectivity index (χ3n) is 2.85. The molecule has 1 aliphatic carbocycles. The molecule has 0 fully saturated rings. The Morgan fingerprint density at radius 2 is 1.63 bits per heavy atom. The monoisotopic (exact) mass is 357 g/mol. The van der Waals surface area contributed by atoms with Crippen molar-refractivity contribution in [3.63, 3.8) is 0 Å². The van der Waals surface area contributed by atoms with Gasteiger partial charge in [0, 0.05) is 14.7 Å². The molecule has 6 heteroatoms. The molecule has 0 aliphatic heterocycles. The van der Waals surface area contributed by atoms with E-state index in [2.05, 4.69) is 32.6 Å². The summed E-state index contributed by atoms with van der Waals surface area (Å²) in [6, 6.07) is 9.35. The number of aromatic nitrogens is 2. The van der Waals surface area contributed by atoms with Crippen LogP contribution in [0.15, 0.2) is 18.2 Å². The van der Waals surface area contributed by atoms with Gasteiger partial charge < -0.3 is 0 Å².